The number of Topliss-reactive ketones (excluding diaryl/α,β-unsaturated/α-hetero) is 1. The average molecular weight is 353 g/mol. The fourth-order valence-corrected chi connectivity index (χ4v) is 2.84. The Labute approximate surface area is 130 Å². The first-order valence-corrected chi connectivity index (χ1v) is 8.08. The monoisotopic (exact) mass is 352 g/mol. The Morgan fingerprint density at radius 1 is 1.20 bits per heavy atom. The highest BCUT2D eigenvalue weighted by Crippen LogP contribution is 2.20. The Kier molecular flexibility index (Phi) is 5.38. The summed E-state index contributed by atoms with van der Waals surface area (Å²) in [5.41, 5.74) is 1.04. The standard InChI is InChI=1S/C16H14BrFOS/c1-2-20-14-7-4-11(5-8-14)16(19)9-12-3-6-13(17)10-15(12)18/h3-8,10H,2,9H2,1H3. The highest BCUT2D eigenvalue weighted by atomic mass is 79.9. The van der Waals surface area contributed by atoms with Gasteiger partial charge in [-0.1, -0.05) is 41.1 Å². The Hall–Kier alpha value is -1.13. The number of halogens is 2. The number of benzene rings is 2. The molecule has 4 heteroatoms. The minimum Gasteiger partial charge on any atom is -0.294 e. The van der Waals surface area contributed by atoms with Crippen LogP contribution < -0.4 is 0 Å². The van der Waals surface area contributed by atoms with Crippen molar-refractivity contribution in [1.29, 1.82) is 0 Å². The topological polar surface area (TPSA) is 17.1 Å². The molecule has 0 heterocycles. The second kappa shape index (κ2) is 7.04. The van der Waals surface area contributed by atoms with Crippen molar-refractivity contribution in [3.05, 3.63) is 63.9 Å². The van der Waals surface area contributed by atoms with Gasteiger partial charge in [0, 0.05) is 21.4 Å². The van der Waals surface area contributed by atoms with Crippen LogP contribution >= 0.6 is 27.7 Å². The van der Waals surface area contributed by atoms with Gasteiger partial charge in [-0.15, -0.1) is 11.8 Å². The first-order chi connectivity index (χ1) is 9.60. The Morgan fingerprint density at radius 3 is 2.50 bits per heavy atom. The fraction of sp³-hybridized carbons (Fsp3) is 0.188. The van der Waals surface area contributed by atoms with Crippen molar-refractivity contribution >= 4 is 33.5 Å². The van der Waals surface area contributed by atoms with Gasteiger partial charge in [0.1, 0.15) is 5.82 Å². The molecule has 0 aliphatic rings. The zero-order valence-electron chi connectivity index (χ0n) is 11.0. The summed E-state index contributed by atoms with van der Waals surface area (Å²) in [4.78, 5) is 13.3. The van der Waals surface area contributed by atoms with E-state index in [0.717, 1.165) is 10.6 Å². The highest BCUT2D eigenvalue weighted by Gasteiger charge is 2.11. The first kappa shape index (κ1) is 15.3. The number of carbonyl (C=O) groups is 1. The van der Waals surface area contributed by atoms with Crippen molar-refractivity contribution in [2.24, 2.45) is 0 Å². The third-order valence-electron chi connectivity index (χ3n) is 2.85. The molecule has 0 fully saturated rings. The molecule has 0 atom stereocenters. The minimum absolute atomic E-state index is 0.0701. The zero-order chi connectivity index (χ0) is 14.5. The molecule has 0 N–H and O–H groups in total. The molecule has 1 nitrogen and oxygen atoms in total. The molecule has 104 valence electrons. The molecule has 0 radical (unpaired) electrons. The number of ketones is 1. The summed E-state index contributed by atoms with van der Waals surface area (Å²) < 4.78 is 14.4. The van der Waals surface area contributed by atoms with Gasteiger partial charge < -0.3 is 0 Å². The first-order valence-electron chi connectivity index (χ1n) is 6.30. The zero-order valence-corrected chi connectivity index (χ0v) is 13.4. The predicted molar refractivity (Wildman–Crippen MR) is 85.0 cm³/mol. The van der Waals surface area contributed by atoms with Crippen LogP contribution in [0.5, 0.6) is 0 Å². The second-order valence-corrected chi connectivity index (χ2v) is 6.55. The maximum atomic E-state index is 13.7. The number of thioether (sulfide) groups is 1. The lowest BCUT2D eigenvalue weighted by atomic mass is 10.0. The molecule has 20 heavy (non-hydrogen) atoms. The molecule has 0 aromatic heterocycles. The van der Waals surface area contributed by atoms with E-state index in [0.29, 0.717) is 15.6 Å². The Bertz CT molecular complexity index is 610. The van der Waals surface area contributed by atoms with Crippen molar-refractivity contribution < 1.29 is 9.18 Å². The van der Waals surface area contributed by atoms with Crippen LogP contribution in [0.1, 0.15) is 22.8 Å². The van der Waals surface area contributed by atoms with Crippen LogP contribution in [0.2, 0.25) is 0 Å². The Balaban J connectivity index is 2.11. The smallest absolute Gasteiger partial charge is 0.167 e. The summed E-state index contributed by atoms with van der Waals surface area (Å²) in [6.45, 7) is 2.08. The summed E-state index contributed by atoms with van der Waals surface area (Å²) in [5.74, 6) is 0.572. The van der Waals surface area contributed by atoms with Gasteiger partial charge in [-0.3, -0.25) is 4.79 Å². The van der Waals surface area contributed by atoms with Crippen LogP contribution in [-0.4, -0.2) is 11.5 Å². The summed E-state index contributed by atoms with van der Waals surface area (Å²) in [5, 5.41) is 0. The van der Waals surface area contributed by atoms with Gasteiger partial charge in [0.2, 0.25) is 0 Å². The van der Waals surface area contributed by atoms with E-state index in [4.69, 9.17) is 0 Å². The van der Waals surface area contributed by atoms with Crippen molar-refractivity contribution in [1.82, 2.24) is 0 Å². The van der Waals surface area contributed by atoms with Gasteiger partial charge in [0.15, 0.2) is 5.78 Å². The largest absolute Gasteiger partial charge is 0.294 e. The molecule has 0 spiro atoms. The lowest BCUT2D eigenvalue weighted by molar-refractivity contribution is 0.0992. The van der Waals surface area contributed by atoms with Crippen molar-refractivity contribution in [2.75, 3.05) is 5.75 Å². The van der Waals surface area contributed by atoms with E-state index in [1.54, 1.807) is 36.0 Å². The lowest BCUT2D eigenvalue weighted by Gasteiger charge is -2.05. The molecule has 0 saturated heterocycles. The molecule has 0 saturated carbocycles. The average Bonchev–Trinajstić information content (AvgIpc) is 2.43. The van der Waals surface area contributed by atoms with Gasteiger partial charge in [0.25, 0.3) is 0 Å². The van der Waals surface area contributed by atoms with Crippen molar-refractivity contribution in [3.8, 4) is 0 Å². The van der Waals surface area contributed by atoms with E-state index in [1.807, 2.05) is 12.1 Å². The molecule has 2 aromatic carbocycles. The van der Waals surface area contributed by atoms with Gasteiger partial charge in [0.05, 0.1) is 0 Å². The maximum absolute atomic E-state index is 13.7. The third kappa shape index (κ3) is 3.93. The predicted octanol–water partition coefficient (Wildman–Crippen LogP) is 5.13. The minimum atomic E-state index is -0.356. The summed E-state index contributed by atoms with van der Waals surface area (Å²) in [6.07, 6.45) is 0.0827. The fourth-order valence-electron chi connectivity index (χ4n) is 1.84. The number of rotatable bonds is 5. The quantitative estimate of drug-likeness (QED) is 0.548. The van der Waals surface area contributed by atoms with E-state index in [1.165, 1.54) is 6.07 Å². The second-order valence-electron chi connectivity index (χ2n) is 4.29. The molecule has 2 aromatic rings. The van der Waals surface area contributed by atoms with Crippen LogP contribution in [-0.2, 0) is 6.42 Å². The third-order valence-corrected chi connectivity index (χ3v) is 4.24. The molecular weight excluding hydrogens is 339 g/mol. The Morgan fingerprint density at radius 2 is 1.90 bits per heavy atom. The van der Waals surface area contributed by atoms with Gasteiger partial charge in [-0.2, -0.15) is 0 Å². The summed E-state index contributed by atoms with van der Waals surface area (Å²) in [7, 11) is 0. The summed E-state index contributed by atoms with van der Waals surface area (Å²) in [6, 6.07) is 12.2. The highest BCUT2D eigenvalue weighted by molar-refractivity contribution is 9.10. The van der Waals surface area contributed by atoms with E-state index < -0.39 is 0 Å². The molecule has 0 aliphatic heterocycles. The van der Waals surface area contributed by atoms with Crippen LogP contribution in [0.15, 0.2) is 51.8 Å². The van der Waals surface area contributed by atoms with E-state index in [9.17, 15) is 9.18 Å². The van der Waals surface area contributed by atoms with Crippen molar-refractivity contribution in [2.45, 2.75) is 18.2 Å². The number of hydrogen-bond acceptors (Lipinski definition) is 2. The van der Waals surface area contributed by atoms with Crippen LogP contribution in [0.25, 0.3) is 0 Å². The number of hydrogen-bond donors (Lipinski definition) is 0. The normalized spacial score (nSPS) is 10.6. The van der Waals surface area contributed by atoms with Crippen LogP contribution in [0.4, 0.5) is 4.39 Å². The van der Waals surface area contributed by atoms with Gasteiger partial charge in [-0.05, 0) is 35.6 Å². The summed E-state index contributed by atoms with van der Waals surface area (Å²) >= 11 is 4.93. The molecule has 0 amide bonds. The maximum Gasteiger partial charge on any atom is 0.167 e. The molecule has 2 rings (SSSR count). The van der Waals surface area contributed by atoms with E-state index in [-0.39, 0.29) is 18.0 Å². The van der Waals surface area contributed by atoms with Crippen LogP contribution in [0, 0.1) is 5.82 Å². The van der Waals surface area contributed by atoms with Crippen molar-refractivity contribution in [3.63, 3.8) is 0 Å². The van der Waals surface area contributed by atoms with Gasteiger partial charge >= 0.3 is 0 Å². The number of carbonyl (C=O) groups excluding carboxylic acids is 1. The molecular formula is C16H14BrFOS. The van der Waals surface area contributed by atoms with Gasteiger partial charge in [-0.25, -0.2) is 4.39 Å². The molecule has 0 bridgehead atoms. The van der Waals surface area contributed by atoms with E-state index >= 15 is 0 Å². The SMILES string of the molecule is CCSc1ccc(C(=O)Cc2ccc(Br)cc2F)cc1. The lowest BCUT2D eigenvalue weighted by Crippen LogP contribution is -2.05. The molecule has 0 aliphatic carbocycles. The van der Waals surface area contributed by atoms with E-state index in [2.05, 4.69) is 22.9 Å². The van der Waals surface area contributed by atoms with Crippen LogP contribution in [0.3, 0.4) is 0 Å². The molecule has 0 unspecified atom stereocenters.